The maximum absolute atomic E-state index is 13.4. The summed E-state index contributed by atoms with van der Waals surface area (Å²) < 4.78 is 11.7. The van der Waals surface area contributed by atoms with Crippen LogP contribution < -0.4 is 4.90 Å². The smallest absolute Gasteiger partial charge is 0.410 e. The van der Waals surface area contributed by atoms with E-state index >= 15 is 0 Å². The van der Waals surface area contributed by atoms with E-state index in [2.05, 4.69) is 29.2 Å². The number of amides is 1. The number of carbonyl (C=O) groups excluding carboxylic acids is 1. The molecule has 2 saturated heterocycles. The second-order valence-corrected chi connectivity index (χ2v) is 10.3. The SMILES string of the molecule is CN(C)c1ccc(C2(O)CC3COCC(C2)N3C(=O)OCC2c3ccccc3-c3ccccc32)cn1. The molecule has 6 rings (SSSR count). The maximum Gasteiger partial charge on any atom is 0.410 e. The van der Waals surface area contributed by atoms with Crippen LogP contribution in [-0.4, -0.2) is 67.1 Å². The van der Waals surface area contributed by atoms with Gasteiger partial charge in [-0.15, -0.1) is 0 Å². The molecule has 7 heteroatoms. The average Bonchev–Trinajstić information content (AvgIpc) is 3.20. The first kappa shape index (κ1) is 23.0. The number of nitrogens with zero attached hydrogens (tertiary/aromatic N) is 3. The van der Waals surface area contributed by atoms with E-state index in [1.54, 1.807) is 11.1 Å². The first-order valence-corrected chi connectivity index (χ1v) is 12.5. The average molecular weight is 486 g/mol. The number of anilines is 1. The predicted octanol–water partition coefficient (Wildman–Crippen LogP) is 4.15. The molecule has 36 heavy (non-hydrogen) atoms. The zero-order valence-corrected chi connectivity index (χ0v) is 20.6. The number of hydrogen-bond donors (Lipinski definition) is 1. The molecule has 0 spiro atoms. The van der Waals surface area contributed by atoms with Crippen LogP contribution in [0.5, 0.6) is 0 Å². The Hall–Kier alpha value is -3.42. The molecular formula is C29H31N3O4. The molecule has 2 aliphatic heterocycles. The van der Waals surface area contributed by atoms with Crippen molar-refractivity contribution in [2.24, 2.45) is 0 Å². The molecule has 3 heterocycles. The number of ether oxygens (including phenoxy) is 2. The van der Waals surface area contributed by atoms with Gasteiger partial charge in [-0.3, -0.25) is 4.90 Å². The second kappa shape index (κ2) is 8.91. The van der Waals surface area contributed by atoms with Crippen molar-refractivity contribution >= 4 is 11.9 Å². The molecule has 3 aliphatic rings. The lowest BCUT2D eigenvalue weighted by atomic mass is 9.77. The van der Waals surface area contributed by atoms with Gasteiger partial charge < -0.3 is 19.5 Å². The van der Waals surface area contributed by atoms with Crippen LogP contribution in [0.4, 0.5) is 10.6 Å². The summed E-state index contributed by atoms with van der Waals surface area (Å²) in [6.45, 7) is 1.04. The molecular weight excluding hydrogens is 454 g/mol. The quantitative estimate of drug-likeness (QED) is 0.599. The van der Waals surface area contributed by atoms with E-state index in [-0.39, 0.29) is 30.7 Å². The van der Waals surface area contributed by atoms with Crippen molar-refractivity contribution in [2.45, 2.75) is 36.4 Å². The molecule has 2 atom stereocenters. The van der Waals surface area contributed by atoms with Gasteiger partial charge in [0.15, 0.2) is 0 Å². The van der Waals surface area contributed by atoms with Crippen LogP contribution in [0.1, 0.15) is 35.4 Å². The zero-order valence-electron chi connectivity index (χ0n) is 20.6. The summed E-state index contributed by atoms with van der Waals surface area (Å²) in [5.74, 6) is 0.849. The lowest BCUT2D eigenvalue weighted by Gasteiger charge is -2.51. The van der Waals surface area contributed by atoms with E-state index in [0.717, 1.165) is 11.4 Å². The third-order valence-electron chi connectivity index (χ3n) is 7.84. The van der Waals surface area contributed by atoms with Crippen LogP contribution in [0, 0.1) is 0 Å². The third-order valence-corrected chi connectivity index (χ3v) is 7.84. The minimum absolute atomic E-state index is 0.0143. The van der Waals surface area contributed by atoms with Crippen LogP contribution in [0.2, 0.25) is 0 Å². The van der Waals surface area contributed by atoms with E-state index in [1.807, 2.05) is 55.4 Å². The van der Waals surface area contributed by atoms with Crippen LogP contribution >= 0.6 is 0 Å². The summed E-state index contributed by atoms with van der Waals surface area (Å²) in [5.41, 5.74) is 4.51. The number of fused-ring (bicyclic) bond motifs is 5. The first-order chi connectivity index (χ1) is 17.4. The second-order valence-electron chi connectivity index (χ2n) is 10.3. The van der Waals surface area contributed by atoms with E-state index in [1.165, 1.54) is 22.3 Å². The van der Waals surface area contributed by atoms with Gasteiger partial charge in [0.25, 0.3) is 0 Å². The van der Waals surface area contributed by atoms with Crippen molar-refractivity contribution in [3.8, 4) is 11.1 Å². The van der Waals surface area contributed by atoms with Gasteiger partial charge in [0.2, 0.25) is 0 Å². The maximum atomic E-state index is 13.4. The zero-order chi connectivity index (χ0) is 24.9. The molecule has 1 amide bonds. The molecule has 1 aromatic heterocycles. The van der Waals surface area contributed by atoms with Crippen molar-refractivity contribution in [3.63, 3.8) is 0 Å². The monoisotopic (exact) mass is 485 g/mol. The molecule has 2 aromatic carbocycles. The van der Waals surface area contributed by atoms with E-state index in [9.17, 15) is 9.90 Å². The number of benzene rings is 2. The molecule has 0 saturated carbocycles. The minimum atomic E-state index is -1.06. The van der Waals surface area contributed by atoms with Crippen molar-refractivity contribution in [1.82, 2.24) is 9.88 Å². The Balaban J connectivity index is 1.19. The highest BCUT2D eigenvalue weighted by molar-refractivity contribution is 5.79. The molecule has 3 aromatic rings. The number of rotatable bonds is 4. The lowest BCUT2D eigenvalue weighted by molar-refractivity contribution is -0.136. The number of hydrogen-bond acceptors (Lipinski definition) is 6. The van der Waals surface area contributed by atoms with Crippen molar-refractivity contribution in [3.05, 3.63) is 83.6 Å². The van der Waals surface area contributed by atoms with Gasteiger partial charge >= 0.3 is 6.09 Å². The topological polar surface area (TPSA) is 75.1 Å². The van der Waals surface area contributed by atoms with Gasteiger partial charge in [-0.25, -0.2) is 9.78 Å². The third kappa shape index (κ3) is 3.83. The van der Waals surface area contributed by atoms with E-state index in [4.69, 9.17) is 9.47 Å². The highest BCUT2D eigenvalue weighted by Gasteiger charge is 2.49. The van der Waals surface area contributed by atoms with Crippen molar-refractivity contribution in [2.75, 3.05) is 38.8 Å². The van der Waals surface area contributed by atoms with Gasteiger partial charge in [-0.1, -0.05) is 54.6 Å². The molecule has 186 valence electrons. The largest absolute Gasteiger partial charge is 0.448 e. The predicted molar refractivity (Wildman–Crippen MR) is 137 cm³/mol. The lowest BCUT2D eigenvalue weighted by Crippen LogP contribution is -2.62. The molecule has 7 nitrogen and oxygen atoms in total. The molecule has 1 N–H and O–H groups in total. The summed E-state index contributed by atoms with van der Waals surface area (Å²) in [5, 5.41) is 11.6. The summed E-state index contributed by atoms with van der Waals surface area (Å²) >= 11 is 0. The summed E-state index contributed by atoms with van der Waals surface area (Å²) in [7, 11) is 3.87. The number of aromatic nitrogens is 1. The van der Waals surface area contributed by atoms with Crippen molar-refractivity contribution < 1.29 is 19.4 Å². The van der Waals surface area contributed by atoms with Crippen LogP contribution in [0.3, 0.4) is 0 Å². The molecule has 2 bridgehead atoms. The van der Waals surface area contributed by atoms with E-state index < -0.39 is 5.60 Å². The number of piperidine rings is 1. The fourth-order valence-electron chi connectivity index (χ4n) is 6.10. The van der Waals surface area contributed by atoms with Gasteiger partial charge in [0, 0.05) is 44.6 Å². The van der Waals surface area contributed by atoms with Gasteiger partial charge in [-0.05, 0) is 28.3 Å². The number of pyridine rings is 1. The van der Waals surface area contributed by atoms with Gasteiger partial charge in [0.05, 0.1) is 30.9 Å². The Morgan fingerprint density at radius 2 is 1.64 bits per heavy atom. The number of aliphatic hydroxyl groups is 1. The summed E-state index contributed by atoms with van der Waals surface area (Å²) in [6.07, 6.45) is 2.18. The summed E-state index contributed by atoms with van der Waals surface area (Å²) in [6, 6.07) is 20.0. The Labute approximate surface area is 211 Å². The molecule has 2 unspecified atom stereocenters. The summed E-state index contributed by atoms with van der Waals surface area (Å²) in [4.78, 5) is 21.6. The van der Waals surface area contributed by atoms with E-state index in [0.29, 0.717) is 26.1 Å². The Bertz CT molecular complexity index is 1220. The molecule has 0 radical (unpaired) electrons. The van der Waals surface area contributed by atoms with Crippen LogP contribution in [0.15, 0.2) is 66.9 Å². The standard InChI is InChI=1S/C29H31N3O4/c1-31(2)27-12-11-19(15-30-27)29(34)13-20-16-35-17-21(14-29)32(20)28(33)36-18-26-24-9-5-3-7-22(24)23-8-4-6-10-25(23)26/h3-12,15,20-21,26,34H,13-14,16-18H2,1-2H3. The highest BCUT2D eigenvalue weighted by Crippen LogP contribution is 2.45. The van der Waals surface area contributed by atoms with Crippen LogP contribution in [0.25, 0.3) is 11.1 Å². The molecule has 1 aliphatic carbocycles. The molecule has 2 fully saturated rings. The Morgan fingerprint density at radius 1 is 1.03 bits per heavy atom. The Kier molecular flexibility index (Phi) is 5.69. The normalized spacial score (nSPS) is 24.7. The van der Waals surface area contributed by atoms with Crippen molar-refractivity contribution in [1.29, 1.82) is 0 Å². The Morgan fingerprint density at radius 3 is 2.19 bits per heavy atom. The fraction of sp³-hybridized carbons (Fsp3) is 0.379. The first-order valence-electron chi connectivity index (χ1n) is 12.5. The fourth-order valence-corrected chi connectivity index (χ4v) is 6.10. The number of carbonyl (C=O) groups is 1. The number of morpholine rings is 1. The minimum Gasteiger partial charge on any atom is -0.448 e. The van der Waals surface area contributed by atoms with Gasteiger partial charge in [0.1, 0.15) is 12.4 Å². The highest BCUT2D eigenvalue weighted by atomic mass is 16.6. The van der Waals surface area contributed by atoms with Gasteiger partial charge in [-0.2, -0.15) is 0 Å². The van der Waals surface area contributed by atoms with Crippen LogP contribution in [-0.2, 0) is 15.1 Å².